The molecule has 3 N–H and O–H groups in total. The minimum absolute atomic E-state index is 0. The van der Waals surface area contributed by atoms with Crippen LogP contribution in [0.1, 0.15) is 32.6 Å². The fraction of sp³-hybridized carbons (Fsp3) is 0.900. The van der Waals surface area contributed by atoms with E-state index in [1.165, 1.54) is 0 Å². The zero-order valence-electron chi connectivity index (χ0n) is 9.20. The van der Waals surface area contributed by atoms with Crippen molar-refractivity contribution in [1.29, 1.82) is 0 Å². The number of carbonyl (C=O) groups excluding carboxylic acids is 1. The quantitative estimate of drug-likeness (QED) is 0.763. The maximum Gasteiger partial charge on any atom is 0.221 e. The lowest BCUT2D eigenvalue weighted by atomic mass is 10.1. The number of nitrogens with two attached hydrogens (primary N) is 1. The van der Waals surface area contributed by atoms with E-state index < -0.39 is 0 Å². The summed E-state index contributed by atoms with van der Waals surface area (Å²) in [5.41, 5.74) is 5.54. The predicted octanol–water partition coefficient (Wildman–Crippen LogP) is 0.831. The highest BCUT2D eigenvalue weighted by Gasteiger charge is 2.15. The third-order valence-electron chi connectivity index (χ3n) is 2.32. The molecule has 2 unspecified atom stereocenters. The van der Waals surface area contributed by atoms with Crippen LogP contribution in [0.3, 0.4) is 0 Å². The summed E-state index contributed by atoms with van der Waals surface area (Å²) in [7, 11) is 0. The van der Waals surface area contributed by atoms with Crippen LogP contribution in [0.15, 0.2) is 0 Å². The highest BCUT2D eigenvalue weighted by Crippen LogP contribution is 2.08. The van der Waals surface area contributed by atoms with Gasteiger partial charge < -0.3 is 15.8 Å². The molecule has 5 heteroatoms. The van der Waals surface area contributed by atoms with Gasteiger partial charge in [0.25, 0.3) is 0 Å². The molecule has 0 radical (unpaired) electrons. The van der Waals surface area contributed by atoms with Crippen molar-refractivity contribution in [3.63, 3.8) is 0 Å². The number of nitrogens with one attached hydrogen (secondary N) is 1. The fourth-order valence-electron chi connectivity index (χ4n) is 1.63. The molecule has 1 fully saturated rings. The first-order chi connectivity index (χ1) is 6.68. The van der Waals surface area contributed by atoms with Crippen LogP contribution in [0.2, 0.25) is 0 Å². The molecule has 0 aromatic rings. The van der Waals surface area contributed by atoms with Crippen molar-refractivity contribution in [3.05, 3.63) is 0 Å². The van der Waals surface area contributed by atoms with Crippen molar-refractivity contribution in [1.82, 2.24) is 5.32 Å². The van der Waals surface area contributed by atoms with Gasteiger partial charge >= 0.3 is 0 Å². The first-order valence-electron chi connectivity index (χ1n) is 5.31. The summed E-state index contributed by atoms with van der Waals surface area (Å²) in [5.74, 6) is 0.0619. The number of rotatable bonds is 3. The Hall–Kier alpha value is -0.320. The Balaban J connectivity index is 0.00000196. The Morgan fingerprint density at radius 2 is 2.27 bits per heavy atom. The molecule has 2 atom stereocenters. The van der Waals surface area contributed by atoms with Crippen LogP contribution in [0.5, 0.6) is 0 Å². The van der Waals surface area contributed by atoms with Crippen molar-refractivity contribution >= 4 is 18.3 Å². The molecule has 90 valence electrons. The molecule has 1 amide bonds. The van der Waals surface area contributed by atoms with Gasteiger partial charge in [-0.3, -0.25) is 4.79 Å². The van der Waals surface area contributed by atoms with Gasteiger partial charge in [-0.15, -0.1) is 12.4 Å². The monoisotopic (exact) mass is 236 g/mol. The molecule has 1 aliphatic heterocycles. The van der Waals surface area contributed by atoms with Crippen molar-refractivity contribution in [2.24, 2.45) is 5.73 Å². The SMILES string of the molecule is CC(N)CC(=O)NC1CCCOCC1.Cl. The first-order valence-corrected chi connectivity index (χ1v) is 5.31. The molecule has 15 heavy (non-hydrogen) atoms. The second kappa shape index (κ2) is 7.91. The van der Waals surface area contributed by atoms with Gasteiger partial charge in [0, 0.05) is 31.7 Å². The summed E-state index contributed by atoms with van der Waals surface area (Å²) in [6, 6.07) is 0.223. The van der Waals surface area contributed by atoms with Gasteiger partial charge in [0.1, 0.15) is 0 Å². The van der Waals surface area contributed by atoms with E-state index in [-0.39, 0.29) is 30.4 Å². The van der Waals surface area contributed by atoms with Crippen LogP contribution in [0, 0.1) is 0 Å². The molecule has 1 heterocycles. The second-order valence-corrected chi connectivity index (χ2v) is 3.99. The van der Waals surface area contributed by atoms with Crippen LogP contribution < -0.4 is 11.1 Å². The third-order valence-corrected chi connectivity index (χ3v) is 2.32. The summed E-state index contributed by atoms with van der Waals surface area (Å²) in [6.07, 6.45) is 3.38. The van der Waals surface area contributed by atoms with Crippen molar-refractivity contribution in [2.45, 2.75) is 44.7 Å². The Morgan fingerprint density at radius 3 is 2.93 bits per heavy atom. The Kier molecular flexibility index (Phi) is 7.74. The molecule has 0 spiro atoms. The number of hydrogen-bond donors (Lipinski definition) is 2. The van der Waals surface area contributed by atoms with Crippen LogP contribution in [0.25, 0.3) is 0 Å². The summed E-state index contributed by atoms with van der Waals surface area (Å²) >= 11 is 0. The molecular formula is C10H21ClN2O2. The third kappa shape index (κ3) is 6.71. The van der Waals surface area contributed by atoms with Gasteiger partial charge in [0.2, 0.25) is 5.91 Å². The normalized spacial score (nSPS) is 23.5. The number of halogens is 1. The first kappa shape index (κ1) is 14.7. The van der Waals surface area contributed by atoms with E-state index in [0.29, 0.717) is 6.42 Å². The largest absolute Gasteiger partial charge is 0.381 e. The average molecular weight is 237 g/mol. The molecule has 1 saturated heterocycles. The number of hydrogen-bond acceptors (Lipinski definition) is 3. The fourth-order valence-corrected chi connectivity index (χ4v) is 1.63. The van der Waals surface area contributed by atoms with Gasteiger partial charge in [-0.2, -0.15) is 0 Å². The van der Waals surface area contributed by atoms with Gasteiger partial charge in [-0.1, -0.05) is 0 Å². The van der Waals surface area contributed by atoms with Gasteiger partial charge in [-0.25, -0.2) is 0 Å². The van der Waals surface area contributed by atoms with E-state index in [1.54, 1.807) is 0 Å². The lowest BCUT2D eigenvalue weighted by molar-refractivity contribution is -0.122. The Bertz CT molecular complexity index is 180. The van der Waals surface area contributed by atoms with E-state index in [4.69, 9.17) is 10.5 Å². The summed E-state index contributed by atoms with van der Waals surface area (Å²) in [4.78, 5) is 11.4. The predicted molar refractivity (Wildman–Crippen MR) is 62.1 cm³/mol. The van der Waals surface area contributed by atoms with Crippen molar-refractivity contribution < 1.29 is 9.53 Å². The molecule has 0 aromatic carbocycles. The summed E-state index contributed by atoms with van der Waals surface area (Å²) in [6.45, 7) is 3.42. The van der Waals surface area contributed by atoms with E-state index in [1.807, 2.05) is 6.92 Å². The molecular weight excluding hydrogens is 216 g/mol. The Morgan fingerprint density at radius 1 is 1.53 bits per heavy atom. The standard InChI is InChI=1S/C10H20N2O2.ClH/c1-8(11)7-10(13)12-9-3-2-5-14-6-4-9;/h8-9H,2-7,11H2,1H3,(H,12,13);1H. The highest BCUT2D eigenvalue weighted by atomic mass is 35.5. The smallest absolute Gasteiger partial charge is 0.221 e. The minimum atomic E-state index is -0.0583. The van der Waals surface area contributed by atoms with E-state index >= 15 is 0 Å². The van der Waals surface area contributed by atoms with Gasteiger partial charge in [0.15, 0.2) is 0 Å². The van der Waals surface area contributed by atoms with Crippen LogP contribution >= 0.6 is 12.4 Å². The van der Waals surface area contributed by atoms with Gasteiger partial charge in [0.05, 0.1) is 0 Å². The average Bonchev–Trinajstić information content (AvgIpc) is 2.31. The zero-order chi connectivity index (χ0) is 10.4. The maximum absolute atomic E-state index is 11.4. The maximum atomic E-state index is 11.4. The second-order valence-electron chi connectivity index (χ2n) is 3.99. The molecule has 1 rings (SSSR count). The topological polar surface area (TPSA) is 64.4 Å². The van der Waals surface area contributed by atoms with Crippen molar-refractivity contribution in [2.75, 3.05) is 13.2 Å². The summed E-state index contributed by atoms with van der Waals surface area (Å²) < 4.78 is 5.31. The zero-order valence-corrected chi connectivity index (χ0v) is 10.0. The van der Waals surface area contributed by atoms with E-state index in [9.17, 15) is 4.79 Å². The molecule has 0 saturated carbocycles. The van der Waals surface area contributed by atoms with E-state index in [2.05, 4.69) is 5.32 Å². The van der Waals surface area contributed by atoms with E-state index in [0.717, 1.165) is 32.5 Å². The van der Waals surface area contributed by atoms with Gasteiger partial charge in [-0.05, 0) is 26.2 Å². The van der Waals surface area contributed by atoms with Crippen LogP contribution in [-0.2, 0) is 9.53 Å². The number of ether oxygens (including phenoxy) is 1. The summed E-state index contributed by atoms with van der Waals surface area (Å²) in [5, 5.41) is 2.99. The molecule has 0 aromatic heterocycles. The molecule has 4 nitrogen and oxygen atoms in total. The van der Waals surface area contributed by atoms with Crippen LogP contribution in [-0.4, -0.2) is 31.2 Å². The molecule has 0 bridgehead atoms. The molecule has 0 aliphatic carbocycles. The van der Waals surface area contributed by atoms with Crippen LogP contribution in [0.4, 0.5) is 0 Å². The van der Waals surface area contributed by atoms with Crippen molar-refractivity contribution in [3.8, 4) is 0 Å². The lowest BCUT2D eigenvalue weighted by Gasteiger charge is -2.16. The lowest BCUT2D eigenvalue weighted by Crippen LogP contribution is -2.37. The minimum Gasteiger partial charge on any atom is -0.381 e. The molecule has 1 aliphatic rings. The number of amides is 1. The highest BCUT2D eigenvalue weighted by molar-refractivity contribution is 5.85. The number of carbonyl (C=O) groups is 1. The Labute approximate surface area is 97.3 Å².